The standard InChI is InChI=1S/C22H26FN3O2S/c1-15-10-19(16(2)29-15)22-17(11-25(3)13-18-14-27-8-9-28-18)12-26(24-22)21-7-5-4-6-20(21)23/h4-7,10,12,18H,8-9,11,13-14H2,1-3H3/t18-/m1/s1. The van der Waals surface area contributed by atoms with Crippen molar-refractivity contribution >= 4 is 11.3 Å². The molecule has 1 atom stereocenters. The van der Waals surface area contributed by atoms with Crippen molar-refractivity contribution in [3.63, 3.8) is 0 Å². The number of rotatable bonds is 6. The molecule has 1 aliphatic heterocycles. The smallest absolute Gasteiger partial charge is 0.148 e. The third-order valence-corrected chi connectivity index (χ3v) is 5.99. The average Bonchev–Trinajstić information content (AvgIpc) is 3.25. The second-order valence-corrected chi connectivity index (χ2v) is 8.95. The first-order chi connectivity index (χ1) is 14.0. The van der Waals surface area contributed by atoms with Gasteiger partial charge in [0.05, 0.1) is 31.6 Å². The van der Waals surface area contributed by atoms with Crippen molar-refractivity contribution in [2.45, 2.75) is 26.5 Å². The van der Waals surface area contributed by atoms with E-state index in [1.54, 1.807) is 28.2 Å². The first-order valence-corrected chi connectivity index (χ1v) is 10.6. The molecule has 1 aliphatic rings. The van der Waals surface area contributed by atoms with E-state index in [1.807, 2.05) is 12.3 Å². The van der Waals surface area contributed by atoms with Crippen molar-refractivity contribution in [3.8, 4) is 16.9 Å². The van der Waals surface area contributed by atoms with Gasteiger partial charge in [-0.05, 0) is 39.1 Å². The van der Waals surface area contributed by atoms with Gasteiger partial charge in [0.1, 0.15) is 11.5 Å². The number of benzene rings is 1. The lowest BCUT2D eigenvalue weighted by Crippen LogP contribution is -2.38. The van der Waals surface area contributed by atoms with Gasteiger partial charge in [-0.2, -0.15) is 5.10 Å². The van der Waals surface area contributed by atoms with Gasteiger partial charge < -0.3 is 9.47 Å². The van der Waals surface area contributed by atoms with Crippen LogP contribution in [-0.4, -0.2) is 54.2 Å². The fraction of sp³-hybridized carbons (Fsp3) is 0.409. The van der Waals surface area contributed by atoms with Crippen LogP contribution in [0.1, 0.15) is 15.3 Å². The molecule has 1 aromatic carbocycles. The molecular weight excluding hydrogens is 389 g/mol. The van der Waals surface area contributed by atoms with Crippen molar-refractivity contribution < 1.29 is 13.9 Å². The summed E-state index contributed by atoms with van der Waals surface area (Å²) < 4.78 is 27.3. The van der Waals surface area contributed by atoms with Crippen LogP contribution in [0.5, 0.6) is 0 Å². The summed E-state index contributed by atoms with van der Waals surface area (Å²) in [4.78, 5) is 4.67. The maximum Gasteiger partial charge on any atom is 0.148 e. The van der Waals surface area contributed by atoms with E-state index in [4.69, 9.17) is 14.6 Å². The number of hydrogen-bond donors (Lipinski definition) is 0. The maximum absolute atomic E-state index is 14.4. The van der Waals surface area contributed by atoms with Gasteiger partial charge in [-0.1, -0.05) is 12.1 Å². The predicted molar refractivity (Wildman–Crippen MR) is 113 cm³/mol. The normalized spacial score (nSPS) is 17.2. The average molecular weight is 416 g/mol. The largest absolute Gasteiger partial charge is 0.376 e. The van der Waals surface area contributed by atoms with Crippen LogP contribution in [0, 0.1) is 19.7 Å². The zero-order valence-corrected chi connectivity index (χ0v) is 17.8. The number of thiophene rings is 1. The van der Waals surface area contributed by atoms with Gasteiger partial charge in [0, 0.05) is 40.2 Å². The summed E-state index contributed by atoms with van der Waals surface area (Å²) in [6, 6.07) is 8.89. The molecule has 0 bridgehead atoms. The third kappa shape index (κ3) is 4.59. The van der Waals surface area contributed by atoms with Crippen LogP contribution in [-0.2, 0) is 16.0 Å². The minimum absolute atomic E-state index is 0.0731. The molecule has 29 heavy (non-hydrogen) atoms. The number of nitrogens with zero attached hydrogens (tertiary/aromatic N) is 3. The molecule has 0 amide bonds. The number of ether oxygens (including phenoxy) is 2. The highest BCUT2D eigenvalue weighted by molar-refractivity contribution is 7.12. The third-order valence-electron chi connectivity index (χ3n) is 5.03. The number of aryl methyl sites for hydroxylation is 2. The Hall–Kier alpha value is -2.06. The number of aromatic nitrogens is 2. The summed E-state index contributed by atoms with van der Waals surface area (Å²) >= 11 is 1.75. The first-order valence-electron chi connectivity index (χ1n) is 9.80. The second-order valence-electron chi connectivity index (χ2n) is 7.49. The number of hydrogen-bond acceptors (Lipinski definition) is 5. The van der Waals surface area contributed by atoms with E-state index in [1.165, 1.54) is 15.8 Å². The molecule has 154 valence electrons. The number of para-hydroxylation sites is 1. The Bertz CT molecular complexity index is 978. The van der Waals surface area contributed by atoms with Crippen LogP contribution in [0.2, 0.25) is 0 Å². The predicted octanol–water partition coefficient (Wildman–Crippen LogP) is 4.20. The first kappa shape index (κ1) is 20.2. The van der Waals surface area contributed by atoms with Crippen molar-refractivity contribution in [1.29, 1.82) is 0 Å². The molecule has 1 fully saturated rings. The van der Waals surface area contributed by atoms with Gasteiger partial charge in [-0.25, -0.2) is 9.07 Å². The molecule has 0 saturated carbocycles. The topological polar surface area (TPSA) is 39.5 Å². The van der Waals surface area contributed by atoms with Gasteiger partial charge in [-0.15, -0.1) is 11.3 Å². The number of halogens is 1. The summed E-state index contributed by atoms with van der Waals surface area (Å²) in [6.45, 7) is 7.59. The van der Waals surface area contributed by atoms with E-state index in [-0.39, 0.29) is 11.9 Å². The molecule has 7 heteroatoms. The van der Waals surface area contributed by atoms with Gasteiger partial charge in [0.15, 0.2) is 0 Å². The molecule has 3 aromatic rings. The molecule has 0 N–H and O–H groups in total. The molecule has 3 heterocycles. The van der Waals surface area contributed by atoms with E-state index >= 15 is 0 Å². The van der Waals surface area contributed by atoms with Gasteiger partial charge in [0.2, 0.25) is 0 Å². The Labute approximate surface area is 174 Å². The van der Waals surface area contributed by atoms with Crippen molar-refractivity contribution in [2.75, 3.05) is 33.4 Å². The highest BCUT2D eigenvalue weighted by atomic mass is 32.1. The lowest BCUT2D eigenvalue weighted by atomic mass is 10.1. The minimum atomic E-state index is -0.285. The highest BCUT2D eigenvalue weighted by Gasteiger charge is 2.21. The van der Waals surface area contributed by atoms with Gasteiger partial charge in [0.25, 0.3) is 0 Å². The van der Waals surface area contributed by atoms with E-state index in [0.717, 1.165) is 23.4 Å². The van der Waals surface area contributed by atoms with E-state index in [0.29, 0.717) is 32.1 Å². The van der Waals surface area contributed by atoms with Crippen molar-refractivity contribution in [2.24, 2.45) is 0 Å². The molecule has 5 nitrogen and oxygen atoms in total. The Kier molecular flexibility index (Phi) is 6.10. The molecule has 1 saturated heterocycles. The second kappa shape index (κ2) is 8.75. The lowest BCUT2D eigenvalue weighted by molar-refractivity contribution is -0.0962. The van der Waals surface area contributed by atoms with Gasteiger partial charge in [-0.3, -0.25) is 4.90 Å². The summed E-state index contributed by atoms with van der Waals surface area (Å²) in [7, 11) is 2.06. The van der Waals surface area contributed by atoms with E-state index < -0.39 is 0 Å². The summed E-state index contributed by atoms with van der Waals surface area (Å²) in [6.07, 6.45) is 2.01. The summed E-state index contributed by atoms with van der Waals surface area (Å²) in [5.41, 5.74) is 3.54. The molecule has 4 rings (SSSR count). The Morgan fingerprint density at radius 3 is 2.79 bits per heavy atom. The van der Waals surface area contributed by atoms with Crippen molar-refractivity contribution in [1.82, 2.24) is 14.7 Å². The highest BCUT2D eigenvalue weighted by Crippen LogP contribution is 2.33. The van der Waals surface area contributed by atoms with Crippen LogP contribution < -0.4 is 0 Å². The maximum atomic E-state index is 14.4. The van der Waals surface area contributed by atoms with Crippen LogP contribution in [0.15, 0.2) is 36.5 Å². The molecule has 2 aromatic heterocycles. The molecule has 0 radical (unpaired) electrons. The van der Waals surface area contributed by atoms with Crippen molar-refractivity contribution in [3.05, 3.63) is 57.7 Å². The van der Waals surface area contributed by atoms with Crippen LogP contribution in [0.25, 0.3) is 16.9 Å². The number of likely N-dealkylation sites (N-methyl/N-ethyl adjacent to an activating group) is 1. The van der Waals surface area contributed by atoms with E-state index in [2.05, 4.69) is 31.9 Å². The molecule has 0 spiro atoms. The fourth-order valence-corrected chi connectivity index (χ4v) is 4.65. The molecule has 0 unspecified atom stereocenters. The van der Waals surface area contributed by atoms with Crippen LogP contribution in [0.3, 0.4) is 0 Å². The van der Waals surface area contributed by atoms with Crippen LogP contribution in [0.4, 0.5) is 4.39 Å². The summed E-state index contributed by atoms with van der Waals surface area (Å²) in [5, 5.41) is 4.79. The molecule has 0 aliphatic carbocycles. The van der Waals surface area contributed by atoms with E-state index in [9.17, 15) is 4.39 Å². The van der Waals surface area contributed by atoms with Crippen LogP contribution >= 0.6 is 11.3 Å². The monoisotopic (exact) mass is 415 g/mol. The Morgan fingerprint density at radius 2 is 2.10 bits per heavy atom. The minimum Gasteiger partial charge on any atom is -0.376 e. The Morgan fingerprint density at radius 1 is 1.28 bits per heavy atom. The Balaban J connectivity index is 1.65. The summed E-state index contributed by atoms with van der Waals surface area (Å²) in [5.74, 6) is -0.285. The lowest BCUT2D eigenvalue weighted by Gasteiger charge is -2.27. The molecular formula is C22H26FN3O2S. The van der Waals surface area contributed by atoms with Gasteiger partial charge >= 0.3 is 0 Å². The zero-order valence-electron chi connectivity index (χ0n) is 17.0. The fourth-order valence-electron chi connectivity index (χ4n) is 3.72. The zero-order chi connectivity index (χ0) is 20.4. The quantitative estimate of drug-likeness (QED) is 0.605. The SMILES string of the molecule is Cc1cc(-c2nn(-c3ccccc3F)cc2CN(C)C[C@@H]2COCCO2)c(C)s1.